The first-order valence-corrected chi connectivity index (χ1v) is 6.40. The van der Waals surface area contributed by atoms with Crippen molar-refractivity contribution in [2.24, 2.45) is 0 Å². The van der Waals surface area contributed by atoms with Gasteiger partial charge in [-0.15, -0.1) is 0 Å². The molecule has 0 aromatic carbocycles. The number of esters is 1. The molecule has 2 aromatic heterocycles. The number of ether oxygens (including phenoxy) is 1. The lowest BCUT2D eigenvalue weighted by molar-refractivity contribution is -0.139. The normalized spacial score (nSPS) is 10.9. The standard InChI is InChI=1S/C14H9BrN2O3/c15-12-4-10(7-17-8-12)9-20-14(18)11(6-16)5-13-2-1-3-19-13/h1-5,7-8H,9H2. The number of carbonyl (C=O) groups excluding carboxylic acids is 1. The molecule has 0 spiro atoms. The highest BCUT2D eigenvalue weighted by atomic mass is 79.9. The smallest absolute Gasteiger partial charge is 0.349 e. The highest BCUT2D eigenvalue weighted by Gasteiger charge is 2.12. The van der Waals surface area contributed by atoms with Crippen molar-refractivity contribution in [1.29, 1.82) is 5.26 Å². The Hall–Kier alpha value is -2.39. The van der Waals surface area contributed by atoms with Crippen molar-refractivity contribution in [3.05, 3.63) is 58.2 Å². The van der Waals surface area contributed by atoms with E-state index in [1.165, 1.54) is 12.3 Å². The van der Waals surface area contributed by atoms with Gasteiger partial charge in [-0.05, 0) is 34.1 Å². The molecule has 20 heavy (non-hydrogen) atoms. The fourth-order valence-electron chi connectivity index (χ4n) is 1.41. The Kier molecular flexibility index (Phi) is 4.69. The van der Waals surface area contributed by atoms with E-state index in [-0.39, 0.29) is 12.2 Å². The number of aromatic nitrogens is 1. The van der Waals surface area contributed by atoms with Gasteiger partial charge in [0, 0.05) is 28.5 Å². The maximum Gasteiger partial charge on any atom is 0.349 e. The molecule has 0 aliphatic rings. The number of rotatable bonds is 4. The van der Waals surface area contributed by atoms with Crippen molar-refractivity contribution in [2.75, 3.05) is 0 Å². The lowest BCUT2D eigenvalue weighted by Gasteiger charge is -2.03. The molecule has 5 nitrogen and oxygen atoms in total. The number of pyridine rings is 1. The average Bonchev–Trinajstić information content (AvgIpc) is 2.95. The zero-order valence-corrected chi connectivity index (χ0v) is 11.8. The van der Waals surface area contributed by atoms with E-state index < -0.39 is 5.97 Å². The Bertz CT molecular complexity index is 672. The van der Waals surface area contributed by atoms with Gasteiger partial charge in [0.05, 0.1) is 6.26 Å². The van der Waals surface area contributed by atoms with Crippen molar-refractivity contribution in [1.82, 2.24) is 4.98 Å². The van der Waals surface area contributed by atoms with Crippen LogP contribution >= 0.6 is 15.9 Å². The maximum absolute atomic E-state index is 11.8. The molecule has 0 aliphatic carbocycles. The summed E-state index contributed by atoms with van der Waals surface area (Å²) >= 11 is 3.27. The first kappa shape index (κ1) is 14.0. The van der Waals surface area contributed by atoms with Crippen LogP contribution in [-0.4, -0.2) is 11.0 Å². The second-order valence-electron chi connectivity index (χ2n) is 3.77. The Morgan fingerprint density at radius 1 is 1.55 bits per heavy atom. The number of nitriles is 1. The molecule has 2 aromatic rings. The average molecular weight is 333 g/mol. The predicted molar refractivity (Wildman–Crippen MR) is 74.0 cm³/mol. The molecular weight excluding hydrogens is 324 g/mol. The van der Waals surface area contributed by atoms with Crippen LogP contribution in [0.4, 0.5) is 0 Å². The van der Waals surface area contributed by atoms with Gasteiger partial charge < -0.3 is 9.15 Å². The summed E-state index contributed by atoms with van der Waals surface area (Å²) in [6, 6.07) is 6.88. The van der Waals surface area contributed by atoms with Crippen LogP contribution in [0.3, 0.4) is 0 Å². The molecule has 0 amide bonds. The third-order valence-corrected chi connectivity index (χ3v) is 2.74. The minimum atomic E-state index is -0.705. The number of hydrogen-bond acceptors (Lipinski definition) is 5. The van der Waals surface area contributed by atoms with E-state index in [0.717, 1.165) is 10.0 Å². The molecule has 0 saturated carbocycles. The number of carbonyl (C=O) groups is 1. The van der Waals surface area contributed by atoms with E-state index >= 15 is 0 Å². The van der Waals surface area contributed by atoms with Gasteiger partial charge >= 0.3 is 5.97 Å². The lowest BCUT2D eigenvalue weighted by Crippen LogP contribution is -2.07. The highest BCUT2D eigenvalue weighted by Crippen LogP contribution is 2.12. The number of hydrogen-bond donors (Lipinski definition) is 0. The summed E-state index contributed by atoms with van der Waals surface area (Å²) in [5.41, 5.74) is 0.603. The van der Waals surface area contributed by atoms with E-state index in [1.807, 2.05) is 0 Å². The Labute approximate surface area is 123 Å². The van der Waals surface area contributed by atoms with Crippen molar-refractivity contribution >= 4 is 28.0 Å². The van der Waals surface area contributed by atoms with Crippen LogP contribution in [-0.2, 0) is 16.1 Å². The SMILES string of the molecule is N#CC(=Cc1ccco1)C(=O)OCc1cncc(Br)c1. The van der Waals surface area contributed by atoms with Crippen LogP contribution in [0.1, 0.15) is 11.3 Å². The fraction of sp³-hybridized carbons (Fsp3) is 0.0714. The molecular formula is C14H9BrN2O3. The van der Waals surface area contributed by atoms with Gasteiger partial charge in [0.1, 0.15) is 24.0 Å². The van der Waals surface area contributed by atoms with Gasteiger partial charge in [0.15, 0.2) is 0 Å². The molecule has 2 heterocycles. The Balaban J connectivity index is 2.02. The number of halogens is 1. The number of nitrogens with zero attached hydrogens (tertiary/aromatic N) is 2. The molecule has 0 bridgehead atoms. The quantitative estimate of drug-likeness (QED) is 0.488. The first-order chi connectivity index (χ1) is 9.69. The lowest BCUT2D eigenvalue weighted by atomic mass is 10.2. The van der Waals surface area contributed by atoms with Crippen LogP contribution in [0.25, 0.3) is 6.08 Å². The zero-order chi connectivity index (χ0) is 14.4. The van der Waals surface area contributed by atoms with E-state index in [0.29, 0.717) is 5.76 Å². The molecule has 0 N–H and O–H groups in total. The molecule has 100 valence electrons. The van der Waals surface area contributed by atoms with E-state index in [9.17, 15) is 4.79 Å². The second kappa shape index (κ2) is 6.68. The summed E-state index contributed by atoms with van der Waals surface area (Å²) in [4.78, 5) is 15.7. The summed E-state index contributed by atoms with van der Waals surface area (Å²) in [6.45, 7) is 0.0441. The summed E-state index contributed by atoms with van der Waals surface area (Å²) in [7, 11) is 0. The van der Waals surface area contributed by atoms with Crippen LogP contribution in [0.2, 0.25) is 0 Å². The molecule has 0 unspecified atom stereocenters. The Morgan fingerprint density at radius 3 is 3.05 bits per heavy atom. The molecule has 0 fully saturated rings. The molecule has 6 heteroatoms. The molecule has 0 radical (unpaired) electrons. The molecule has 0 aliphatic heterocycles. The monoisotopic (exact) mass is 332 g/mol. The maximum atomic E-state index is 11.8. The topological polar surface area (TPSA) is 76.1 Å². The van der Waals surface area contributed by atoms with Crippen LogP contribution in [0.5, 0.6) is 0 Å². The fourth-order valence-corrected chi connectivity index (χ4v) is 1.83. The largest absolute Gasteiger partial charge is 0.465 e. The van der Waals surface area contributed by atoms with Crippen LogP contribution in [0, 0.1) is 11.3 Å². The highest BCUT2D eigenvalue weighted by molar-refractivity contribution is 9.10. The first-order valence-electron chi connectivity index (χ1n) is 5.61. The minimum absolute atomic E-state index is 0.0441. The summed E-state index contributed by atoms with van der Waals surface area (Å²) < 4.78 is 10.9. The van der Waals surface area contributed by atoms with Crippen molar-refractivity contribution < 1.29 is 13.9 Å². The van der Waals surface area contributed by atoms with Gasteiger partial charge in [-0.25, -0.2) is 4.79 Å². The molecule has 0 saturated heterocycles. The van der Waals surface area contributed by atoms with E-state index in [2.05, 4.69) is 20.9 Å². The zero-order valence-electron chi connectivity index (χ0n) is 10.2. The summed E-state index contributed by atoms with van der Waals surface area (Å²) in [6.07, 6.45) is 6.00. The van der Waals surface area contributed by atoms with Gasteiger partial charge in [-0.3, -0.25) is 4.98 Å². The van der Waals surface area contributed by atoms with Gasteiger partial charge in [0.25, 0.3) is 0 Å². The van der Waals surface area contributed by atoms with Crippen LogP contribution in [0.15, 0.2) is 51.3 Å². The van der Waals surface area contributed by atoms with Crippen molar-refractivity contribution in [3.63, 3.8) is 0 Å². The number of furan rings is 1. The minimum Gasteiger partial charge on any atom is -0.465 e. The molecule has 0 atom stereocenters. The van der Waals surface area contributed by atoms with Gasteiger partial charge in [-0.1, -0.05) is 0 Å². The van der Waals surface area contributed by atoms with Crippen molar-refractivity contribution in [3.8, 4) is 6.07 Å². The predicted octanol–water partition coefficient (Wildman–Crippen LogP) is 3.09. The van der Waals surface area contributed by atoms with E-state index in [4.69, 9.17) is 14.4 Å². The third kappa shape index (κ3) is 3.80. The summed E-state index contributed by atoms with van der Waals surface area (Å²) in [5, 5.41) is 8.96. The Morgan fingerprint density at radius 2 is 2.40 bits per heavy atom. The third-order valence-electron chi connectivity index (χ3n) is 2.30. The molecule has 2 rings (SSSR count). The van der Waals surface area contributed by atoms with Gasteiger partial charge in [0.2, 0.25) is 0 Å². The second-order valence-corrected chi connectivity index (χ2v) is 4.69. The van der Waals surface area contributed by atoms with Crippen LogP contribution < -0.4 is 0 Å². The summed E-state index contributed by atoms with van der Waals surface area (Å²) in [5.74, 6) is -0.286. The van der Waals surface area contributed by atoms with Gasteiger partial charge in [-0.2, -0.15) is 5.26 Å². The van der Waals surface area contributed by atoms with Crippen molar-refractivity contribution in [2.45, 2.75) is 6.61 Å². The van der Waals surface area contributed by atoms with E-state index in [1.54, 1.807) is 36.7 Å².